The van der Waals surface area contributed by atoms with E-state index in [1.54, 1.807) is 6.20 Å². The molecular formula is C7H10N3+. The van der Waals surface area contributed by atoms with Gasteiger partial charge in [-0.25, -0.2) is 0 Å². The molecule has 0 aromatic carbocycles. The van der Waals surface area contributed by atoms with Crippen LogP contribution in [0.5, 0.6) is 0 Å². The Morgan fingerprint density at radius 2 is 2.30 bits per heavy atom. The maximum Gasteiger partial charge on any atom is 0.206 e. The summed E-state index contributed by atoms with van der Waals surface area (Å²) in [7, 11) is 0. The predicted octanol–water partition coefficient (Wildman–Crippen LogP) is 0.390. The summed E-state index contributed by atoms with van der Waals surface area (Å²) in [6.45, 7) is 4.30. The number of nitrogens with zero attached hydrogens (tertiary/aromatic N) is 3. The number of hydrogen-bond donors (Lipinski definition) is 0. The van der Waals surface area contributed by atoms with E-state index >= 15 is 0 Å². The van der Waals surface area contributed by atoms with Crippen LogP contribution in [0.2, 0.25) is 0 Å². The molecule has 3 nitrogen and oxygen atoms in total. The Kier molecular flexibility index (Phi) is 0.836. The van der Waals surface area contributed by atoms with E-state index in [2.05, 4.69) is 29.7 Å². The number of rotatable bonds is 0. The van der Waals surface area contributed by atoms with Crippen molar-refractivity contribution in [3.8, 4) is 0 Å². The van der Waals surface area contributed by atoms with Gasteiger partial charge in [0.15, 0.2) is 6.20 Å². The van der Waals surface area contributed by atoms with Gasteiger partial charge in [-0.3, -0.25) is 0 Å². The van der Waals surface area contributed by atoms with Crippen LogP contribution in [0.1, 0.15) is 13.8 Å². The molecule has 0 amide bonds. The van der Waals surface area contributed by atoms with Gasteiger partial charge in [0.1, 0.15) is 5.54 Å². The lowest BCUT2D eigenvalue weighted by atomic mass is 10.1. The quantitative estimate of drug-likeness (QED) is 0.473. The van der Waals surface area contributed by atoms with Crippen LogP contribution in [-0.2, 0) is 5.54 Å². The number of hydrogen-bond acceptors (Lipinski definition) is 1. The Morgan fingerprint density at radius 3 is 3.00 bits per heavy atom. The third-order valence-corrected chi connectivity index (χ3v) is 1.82. The summed E-state index contributed by atoms with van der Waals surface area (Å²) in [6.07, 6.45) is 7.87. The molecule has 0 fully saturated rings. The highest BCUT2D eigenvalue weighted by Gasteiger charge is 2.30. The largest absolute Gasteiger partial charge is 0.206 e. The van der Waals surface area contributed by atoms with E-state index in [9.17, 15) is 0 Å². The standard InChI is InChI=1S/C7H10N3/c1-7(2)3-5-10-8-4-6-9(7)10/h3-6H,1-2H3/q+1. The highest BCUT2D eigenvalue weighted by atomic mass is 15.6. The van der Waals surface area contributed by atoms with Gasteiger partial charge >= 0.3 is 0 Å². The minimum absolute atomic E-state index is 0.0938. The van der Waals surface area contributed by atoms with Gasteiger partial charge in [-0.15, -0.1) is 4.68 Å². The van der Waals surface area contributed by atoms with Crippen LogP contribution >= 0.6 is 0 Å². The Labute approximate surface area is 59.6 Å². The van der Waals surface area contributed by atoms with Crippen LogP contribution in [0.3, 0.4) is 0 Å². The average molecular weight is 136 g/mol. The Morgan fingerprint density at radius 1 is 1.50 bits per heavy atom. The van der Waals surface area contributed by atoms with Crippen LogP contribution in [0, 0.1) is 0 Å². The Hall–Kier alpha value is -1.12. The van der Waals surface area contributed by atoms with Gasteiger partial charge in [-0.05, 0) is 24.7 Å². The van der Waals surface area contributed by atoms with Gasteiger partial charge in [0.25, 0.3) is 0 Å². The van der Waals surface area contributed by atoms with E-state index in [0.717, 1.165) is 0 Å². The molecule has 1 aliphatic heterocycles. The minimum Gasteiger partial charge on any atom is -0.147 e. The van der Waals surface area contributed by atoms with E-state index in [0.29, 0.717) is 0 Å². The van der Waals surface area contributed by atoms with E-state index in [1.165, 1.54) is 0 Å². The summed E-state index contributed by atoms with van der Waals surface area (Å²) in [4.78, 5) is 1.83. The van der Waals surface area contributed by atoms with Crippen molar-refractivity contribution in [3.05, 3.63) is 18.5 Å². The number of aromatic nitrogens is 3. The van der Waals surface area contributed by atoms with Gasteiger partial charge in [0.2, 0.25) is 6.20 Å². The van der Waals surface area contributed by atoms with Crippen molar-refractivity contribution < 1.29 is 4.68 Å². The molecule has 10 heavy (non-hydrogen) atoms. The van der Waals surface area contributed by atoms with Crippen molar-refractivity contribution in [2.75, 3.05) is 0 Å². The molecule has 1 aromatic rings. The molecule has 0 spiro atoms. The molecule has 0 atom stereocenters. The summed E-state index contributed by atoms with van der Waals surface area (Å²) in [5, 5.41) is 4.09. The summed E-state index contributed by atoms with van der Waals surface area (Å²) >= 11 is 0. The predicted molar refractivity (Wildman–Crippen MR) is 37.1 cm³/mol. The van der Waals surface area contributed by atoms with E-state index in [4.69, 9.17) is 0 Å². The zero-order valence-corrected chi connectivity index (χ0v) is 6.15. The molecule has 0 saturated heterocycles. The first-order valence-electron chi connectivity index (χ1n) is 3.35. The van der Waals surface area contributed by atoms with Crippen LogP contribution in [0.15, 0.2) is 18.5 Å². The molecule has 0 radical (unpaired) electrons. The first-order chi connectivity index (χ1) is 4.70. The molecule has 1 aliphatic rings. The molecule has 52 valence electrons. The molecular weight excluding hydrogens is 126 g/mol. The van der Waals surface area contributed by atoms with E-state index in [-0.39, 0.29) is 5.54 Å². The lowest BCUT2D eigenvalue weighted by Crippen LogP contribution is -2.52. The van der Waals surface area contributed by atoms with Gasteiger partial charge in [0.05, 0.1) is 6.20 Å². The van der Waals surface area contributed by atoms with Crippen molar-refractivity contribution in [1.82, 2.24) is 9.90 Å². The first-order valence-corrected chi connectivity index (χ1v) is 3.35. The minimum atomic E-state index is 0.0938. The molecule has 3 heteroatoms. The topological polar surface area (TPSA) is 21.7 Å². The summed E-state index contributed by atoms with van der Waals surface area (Å²) in [5.74, 6) is 0. The van der Waals surface area contributed by atoms with Gasteiger partial charge in [0, 0.05) is 5.10 Å². The summed E-state index contributed by atoms with van der Waals surface area (Å²) in [5.41, 5.74) is 0.0938. The molecule has 0 N–H and O–H groups in total. The van der Waals surface area contributed by atoms with Crippen LogP contribution < -0.4 is 4.68 Å². The average Bonchev–Trinajstić information content (AvgIpc) is 2.36. The third kappa shape index (κ3) is 0.546. The fourth-order valence-electron chi connectivity index (χ4n) is 1.18. The molecule has 1 aromatic heterocycles. The fraction of sp³-hybridized carbons (Fsp3) is 0.429. The fourth-order valence-corrected chi connectivity index (χ4v) is 1.18. The molecule has 2 rings (SSSR count). The van der Waals surface area contributed by atoms with Crippen molar-refractivity contribution in [1.29, 1.82) is 0 Å². The van der Waals surface area contributed by atoms with Crippen LogP contribution in [0.4, 0.5) is 0 Å². The lowest BCUT2D eigenvalue weighted by Gasteiger charge is -2.09. The second-order valence-corrected chi connectivity index (χ2v) is 3.05. The van der Waals surface area contributed by atoms with Crippen molar-refractivity contribution in [3.63, 3.8) is 0 Å². The van der Waals surface area contributed by atoms with E-state index in [1.807, 2.05) is 17.2 Å². The molecule has 2 heterocycles. The smallest absolute Gasteiger partial charge is 0.147 e. The molecule has 0 bridgehead atoms. The van der Waals surface area contributed by atoms with Crippen molar-refractivity contribution in [2.45, 2.75) is 19.4 Å². The third-order valence-electron chi connectivity index (χ3n) is 1.82. The Bertz CT molecular complexity index is 283. The van der Waals surface area contributed by atoms with Crippen molar-refractivity contribution >= 4 is 6.20 Å². The summed E-state index contributed by atoms with van der Waals surface area (Å²) in [6, 6.07) is 0. The Balaban J connectivity index is 2.64. The van der Waals surface area contributed by atoms with Crippen molar-refractivity contribution in [2.24, 2.45) is 0 Å². The first kappa shape index (κ1) is 5.65. The number of fused-ring (bicyclic) bond motifs is 1. The maximum absolute atomic E-state index is 4.09. The zero-order valence-electron chi connectivity index (χ0n) is 6.15. The monoisotopic (exact) mass is 136 g/mol. The van der Waals surface area contributed by atoms with Crippen LogP contribution in [0.25, 0.3) is 6.20 Å². The maximum atomic E-state index is 4.09. The summed E-state index contributed by atoms with van der Waals surface area (Å²) < 4.78 is 2.08. The zero-order chi connectivity index (χ0) is 7.19. The highest BCUT2D eigenvalue weighted by molar-refractivity contribution is 5.21. The SMILES string of the molecule is CC1(C)C=Cn2ncc[n+]21. The second kappa shape index (κ2) is 1.48. The normalized spacial score (nSPS) is 19.4. The molecule has 0 saturated carbocycles. The van der Waals surface area contributed by atoms with Gasteiger partial charge < -0.3 is 0 Å². The van der Waals surface area contributed by atoms with E-state index < -0.39 is 0 Å². The molecule has 0 aliphatic carbocycles. The van der Waals surface area contributed by atoms with Crippen LogP contribution in [-0.4, -0.2) is 9.90 Å². The highest BCUT2D eigenvalue weighted by Crippen LogP contribution is 2.12. The van der Waals surface area contributed by atoms with Gasteiger partial charge in [-0.2, -0.15) is 0 Å². The lowest BCUT2D eigenvalue weighted by molar-refractivity contribution is -0.805. The number of allylic oxidation sites excluding steroid dienone is 1. The van der Waals surface area contributed by atoms with Gasteiger partial charge in [-0.1, -0.05) is 0 Å². The molecule has 0 unspecified atom stereocenters. The second-order valence-electron chi connectivity index (χ2n) is 3.05.